The summed E-state index contributed by atoms with van der Waals surface area (Å²) in [6.07, 6.45) is 1.54. The summed E-state index contributed by atoms with van der Waals surface area (Å²) in [4.78, 5) is 23.0. The number of nitrogens with one attached hydrogen (secondary N) is 1. The van der Waals surface area contributed by atoms with Crippen LogP contribution in [0.2, 0.25) is 0 Å². The molecule has 1 rings (SSSR count). The molecule has 0 aliphatic carbocycles. The van der Waals surface area contributed by atoms with Crippen molar-refractivity contribution in [2.24, 2.45) is 11.8 Å². The van der Waals surface area contributed by atoms with Gasteiger partial charge in [0.25, 0.3) is 5.91 Å². The van der Waals surface area contributed by atoms with Gasteiger partial charge in [-0.25, -0.2) is 8.42 Å². The number of hydrogen-bond acceptors (Lipinski definition) is 5. The van der Waals surface area contributed by atoms with Crippen molar-refractivity contribution in [1.29, 1.82) is 0 Å². The quantitative estimate of drug-likeness (QED) is 0.790. The van der Waals surface area contributed by atoms with E-state index in [-0.39, 0.29) is 22.2 Å². The smallest absolute Gasteiger partial charge is 0.308 e. The van der Waals surface area contributed by atoms with Gasteiger partial charge in [0, 0.05) is 18.2 Å². The Morgan fingerprint density at radius 1 is 1.38 bits per heavy atom. The summed E-state index contributed by atoms with van der Waals surface area (Å²) in [7, 11) is -3.33. The van der Waals surface area contributed by atoms with Crippen LogP contribution in [0.5, 0.6) is 0 Å². The number of carbonyl (C=O) groups is 2. The molecular weight excluding hydrogens is 314 g/mol. The van der Waals surface area contributed by atoms with E-state index in [9.17, 15) is 18.0 Å². The van der Waals surface area contributed by atoms with Crippen LogP contribution in [0.1, 0.15) is 30.6 Å². The third kappa shape index (κ3) is 5.47. The Kier molecular flexibility index (Phi) is 5.91. The zero-order valence-corrected chi connectivity index (χ0v) is 13.8. The van der Waals surface area contributed by atoms with Crippen molar-refractivity contribution in [2.45, 2.75) is 24.5 Å². The van der Waals surface area contributed by atoms with E-state index in [4.69, 9.17) is 5.11 Å². The van der Waals surface area contributed by atoms with Gasteiger partial charge in [0.2, 0.25) is 0 Å². The number of amides is 1. The number of carbonyl (C=O) groups excluding carboxylic acids is 1. The Hall–Kier alpha value is -1.41. The van der Waals surface area contributed by atoms with Crippen LogP contribution < -0.4 is 5.32 Å². The number of carboxylic acid groups (broad SMARTS) is 1. The first kappa shape index (κ1) is 17.6. The molecule has 1 atom stereocenters. The van der Waals surface area contributed by atoms with Gasteiger partial charge >= 0.3 is 5.97 Å². The molecule has 1 heterocycles. The van der Waals surface area contributed by atoms with Crippen molar-refractivity contribution in [2.75, 3.05) is 12.8 Å². The zero-order chi connectivity index (χ0) is 16.2. The molecule has 0 radical (unpaired) electrons. The number of hydrogen-bond donors (Lipinski definition) is 2. The maximum atomic E-state index is 11.9. The first-order valence-electron chi connectivity index (χ1n) is 6.41. The van der Waals surface area contributed by atoms with Gasteiger partial charge in [0.1, 0.15) is 4.21 Å². The van der Waals surface area contributed by atoms with Crippen molar-refractivity contribution in [1.82, 2.24) is 5.32 Å². The Labute approximate surface area is 128 Å². The molecule has 6 nitrogen and oxygen atoms in total. The van der Waals surface area contributed by atoms with E-state index in [1.807, 2.05) is 13.8 Å². The highest BCUT2D eigenvalue weighted by Gasteiger charge is 2.21. The molecule has 1 amide bonds. The molecule has 1 aromatic rings. The van der Waals surface area contributed by atoms with Gasteiger partial charge in [0.15, 0.2) is 9.84 Å². The molecule has 1 aromatic heterocycles. The number of aliphatic carboxylic acids is 1. The standard InChI is InChI=1S/C13H19NO5S2/c1-8(2)4-9(13(16)17)6-14-12(15)10-5-11(20-7-10)21(3,18)19/h5,7-9H,4,6H2,1-3H3,(H,14,15)(H,16,17). The Bertz CT molecular complexity index is 618. The van der Waals surface area contributed by atoms with Gasteiger partial charge in [0.05, 0.1) is 11.5 Å². The summed E-state index contributed by atoms with van der Waals surface area (Å²) in [6.45, 7) is 3.85. The van der Waals surface area contributed by atoms with Crippen LogP contribution in [-0.4, -0.2) is 38.2 Å². The monoisotopic (exact) mass is 333 g/mol. The van der Waals surface area contributed by atoms with E-state index < -0.39 is 27.6 Å². The van der Waals surface area contributed by atoms with Crippen molar-refractivity contribution < 1.29 is 23.1 Å². The summed E-state index contributed by atoms with van der Waals surface area (Å²) in [5, 5.41) is 13.1. The molecule has 2 N–H and O–H groups in total. The van der Waals surface area contributed by atoms with Crippen LogP contribution in [0.4, 0.5) is 0 Å². The van der Waals surface area contributed by atoms with E-state index in [1.165, 1.54) is 11.4 Å². The molecule has 118 valence electrons. The average molecular weight is 333 g/mol. The topological polar surface area (TPSA) is 101 Å². The number of sulfone groups is 1. The SMILES string of the molecule is CC(C)CC(CNC(=O)c1csc(S(C)(=O)=O)c1)C(=O)O. The lowest BCUT2D eigenvalue weighted by Gasteiger charge is -2.15. The largest absolute Gasteiger partial charge is 0.481 e. The minimum Gasteiger partial charge on any atom is -0.481 e. The Morgan fingerprint density at radius 2 is 2.00 bits per heavy atom. The average Bonchev–Trinajstić information content (AvgIpc) is 2.82. The van der Waals surface area contributed by atoms with Gasteiger partial charge in [-0.15, -0.1) is 11.3 Å². The van der Waals surface area contributed by atoms with Crippen LogP contribution in [0.15, 0.2) is 15.7 Å². The minimum absolute atomic E-state index is 0.0242. The molecule has 0 spiro atoms. The van der Waals surface area contributed by atoms with Gasteiger partial charge < -0.3 is 10.4 Å². The predicted molar refractivity (Wildman–Crippen MR) is 80.3 cm³/mol. The van der Waals surface area contributed by atoms with Crippen LogP contribution in [0, 0.1) is 11.8 Å². The number of carboxylic acids is 1. The molecule has 1 unspecified atom stereocenters. The fourth-order valence-corrected chi connectivity index (χ4v) is 3.59. The van der Waals surface area contributed by atoms with Gasteiger partial charge in [-0.1, -0.05) is 13.8 Å². The third-order valence-electron chi connectivity index (χ3n) is 2.82. The van der Waals surface area contributed by atoms with Gasteiger partial charge in [-0.05, 0) is 18.4 Å². The molecule has 0 saturated heterocycles. The summed E-state index contributed by atoms with van der Waals surface area (Å²) in [5.41, 5.74) is 0.231. The molecule has 0 fully saturated rings. The first-order chi connectivity index (χ1) is 9.61. The Morgan fingerprint density at radius 3 is 2.43 bits per heavy atom. The lowest BCUT2D eigenvalue weighted by atomic mass is 9.97. The third-order valence-corrected chi connectivity index (χ3v) is 5.58. The maximum Gasteiger partial charge on any atom is 0.308 e. The molecular formula is C13H19NO5S2. The highest BCUT2D eigenvalue weighted by Crippen LogP contribution is 2.20. The lowest BCUT2D eigenvalue weighted by Crippen LogP contribution is -2.33. The van der Waals surface area contributed by atoms with E-state index in [0.717, 1.165) is 17.6 Å². The predicted octanol–water partition coefficient (Wildman–Crippen LogP) is 1.63. The second kappa shape index (κ2) is 7.04. The maximum absolute atomic E-state index is 11.9. The van der Waals surface area contributed by atoms with Crippen molar-refractivity contribution in [3.8, 4) is 0 Å². The summed E-state index contributed by atoms with van der Waals surface area (Å²) in [5.74, 6) is -1.86. The van der Waals surface area contributed by atoms with Gasteiger partial charge in [-0.2, -0.15) is 0 Å². The first-order valence-corrected chi connectivity index (χ1v) is 9.18. The van der Waals surface area contributed by atoms with E-state index in [1.54, 1.807) is 0 Å². The van der Waals surface area contributed by atoms with Crippen molar-refractivity contribution in [3.63, 3.8) is 0 Å². The molecule has 0 bridgehead atoms. The molecule has 8 heteroatoms. The summed E-state index contributed by atoms with van der Waals surface area (Å²) >= 11 is 0.971. The summed E-state index contributed by atoms with van der Waals surface area (Å²) in [6, 6.07) is 1.30. The fraction of sp³-hybridized carbons (Fsp3) is 0.538. The molecule has 0 saturated carbocycles. The zero-order valence-electron chi connectivity index (χ0n) is 12.1. The minimum atomic E-state index is -3.33. The molecule has 0 aliphatic rings. The second-order valence-corrected chi connectivity index (χ2v) is 8.46. The van der Waals surface area contributed by atoms with Crippen LogP contribution in [0.25, 0.3) is 0 Å². The summed E-state index contributed by atoms with van der Waals surface area (Å²) < 4.78 is 22.8. The normalized spacial score (nSPS) is 13.1. The van der Waals surface area contributed by atoms with Crippen LogP contribution in [0.3, 0.4) is 0 Å². The van der Waals surface area contributed by atoms with Crippen LogP contribution in [-0.2, 0) is 14.6 Å². The number of rotatable bonds is 7. The van der Waals surface area contributed by atoms with Crippen LogP contribution >= 0.6 is 11.3 Å². The number of thiophene rings is 1. The molecule has 0 aliphatic heterocycles. The lowest BCUT2D eigenvalue weighted by molar-refractivity contribution is -0.142. The van der Waals surface area contributed by atoms with Gasteiger partial charge in [-0.3, -0.25) is 9.59 Å². The fourth-order valence-electron chi connectivity index (χ4n) is 1.79. The molecule has 0 aromatic carbocycles. The molecule has 21 heavy (non-hydrogen) atoms. The van der Waals surface area contributed by atoms with E-state index >= 15 is 0 Å². The van der Waals surface area contributed by atoms with Crippen molar-refractivity contribution in [3.05, 3.63) is 17.0 Å². The highest BCUT2D eigenvalue weighted by atomic mass is 32.2. The highest BCUT2D eigenvalue weighted by molar-refractivity contribution is 7.92. The second-order valence-electron chi connectivity index (χ2n) is 5.30. The van der Waals surface area contributed by atoms with E-state index in [0.29, 0.717) is 6.42 Å². The van der Waals surface area contributed by atoms with Crippen molar-refractivity contribution >= 4 is 33.1 Å². The van der Waals surface area contributed by atoms with E-state index in [2.05, 4.69) is 5.32 Å². The Balaban J connectivity index is 2.68.